The summed E-state index contributed by atoms with van der Waals surface area (Å²) < 4.78 is 82.0. The van der Waals surface area contributed by atoms with Crippen molar-refractivity contribution in [3.8, 4) is 0 Å². The van der Waals surface area contributed by atoms with Crippen LogP contribution >= 0.6 is 0 Å². The van der Waals surface area contributed by atoms with Gasteiger partial charge in [-0.1, -0.05) is 0 Å². The number of piperidine rings is 1. The van der Waals surface area contributed by atoms with Gasteiger partial charge in [-0.05, 0) is 30.7 Å². The monoisotopic (exact) mass is 586 g/mol. The molecule has 0 aromatic carbocycles. The van der Waals surface area contributed by atoms with E-state index in [9.17, 15) is 30.7 Å². The molecule has 2 fully saturated rings. The van der Waals surface area contributed by atoms with Crippen LogP contribution in [0.1, 0.15) is 19.3 Å². The number of carboxylic acids is 2. The zero-order valence-corrected chi connectivity index (χ0v) is 20.9. The van der Waals surface area contributed by atoms with Gasteiger partial charge in [0.2, 0.25) is 11.9 Å². The second kappa shape index (κ2) is 13.5. The highest BCUT2D eigenvalue weighted by atomic mass is 19.4. The Morgan fingerprint density at radius 2 is 1.43 bits per heavy atom. The number of methoxy groups -OCH3 is 1. The Kier molecular flexibility index (Phi) is 10.9. The SMILES string of the molecule is COCC1CC2(CCN(c3ncc(F)cn3)CC2)CN1c1ncccn1.O=C(O)C(F)(F)F.O=C(O)C(F)(F)F. The summed E-state index contributed by atoms with van der Waals surface area (Å²) in [6.45, 7) is 3.34. The average Bonchev–Trinajstić information content (AvgIpc) is 3.23. The molecule has 40 heavy (non-hydrogen) atoms. The van der Waals surface area contributed by atoms with Gasteiger partial charge in [0.25, 0.3) is 0 Å². The fourth-order valence-corrected chi connectivity index (χ4v) is 4.19. The Morgan fingerprint density at radius 3 is 1.85 bits per heavy atom. The Morgan fingerprint density at radius 1 is 0.950 bits per heavy atom. The smallest absolute Gasteiger partial charge is 0.475 e. The van der Waals surface area contributed by atoms with E-state index in [2.05, 4.69) is 29.7 Å². The quantitative estimate of drug-likeness (QED) is 0.510. The molecule has 2 aromatic rings. The summed E-state index contributed by atoms with van der Waals surface area (Å²) in [6, 6.07) is 2.12. The van der Waals surface area contributed by atoms with Crippen molar-refractivity contribution in [3.63, 3.8) is 0 Å². The maximum absolute atomic E-state index is 13.0. The number of aliphatic carboxylic acids is 2. The minimum atomic E-state index is -5.08. The third-order valence-corrected chi connectivity index (χ3v) is 5.98. The van der Waals surface area contributed by atoms with Gasteiger partial charge < -0.3 is 24.7 Å². The van der Waals surface area contributed by atoms with Gasteiger partial charge in [0.05, 0.1) is 25.0 Å². The molecule has 2 saturated heterocycles. The fourth-order valence-electron chi connectivity index (χ4n) is 4.19. The van der Waals surface area contributed by atoms with Crippen molar-refractivity contribution in [3.05, 3.63) is 36.7 Å². The molecule has 222 valence electrons. The molecule has 18 heteroatoms. The molecule has 1 unspecified atom stereocenters. The summed E-state index contributed by atoms with van der Waals surface area (Å²) >= 11 is 0. The van der Waals surface area contributed by atoms with Crippen LogP contribution in [0.3, 0.4) is 0 Å². The average molecular weight is 586 g/mol. The van der Waals surface area contributed by atoms with E-state index in [0.717, 1.165) is 44.8 Å². The second-order valence-corrected chi connectivity index (χ2v) is 8.78. The summed E-state index contributed by atoms with van der Waals surface area (Å²) in [5, 5.41) is 14.2. The largest absolute Gasteiger partial charge is 0.490 e. The van der Waals surface area contributed by atoms with Gasteiger partial charge in [-0.2, -0.15) is 26.3 Å². The standard InChI is InChI=1S/C18H23FN6O.2C2HF3O2/c1-26-12-15-9-18(13-25(15)17-20-5-2-6-21-17)3-7-24(8-4-18)16-22-10-14(19)11-23-16;2*3-2(4,5)1(6)7/h2,5-6,10-11,15H,3-4,7-9,12-13H2,1H3;2*(H,6,7). The van der Waals surface area contributed by atoms with Crippen LogP contribution in [0.2, 0.25) is 0 Å². The molecule has 0 aliphatic carbocycles. The highest BCUT2D eigenvalue weighted by Crippen LogP contribution is 2.44. The number of aromatic nitrogens is 4. The van der Waals surface area contributed by atoms with E-state index in [-0.39, 0.29) is 11.5 Å². The Bertz CT molecular complexity index is 1070. The van der Waals surface area contributed by atoms with Crippen molar-refractivity contribution in [1.29, 1.82) is 0 Å². The molecule has 1 spiro atoms. The molecule has 1 atom stereocenters. The van der Waals surface area contributed by atoms with Crippen LogP contribution < -0.4 is 9.80 Å². The molecule has 0 amide bonds. The fraction of sp³-hybridized carbons (Fsp3) is 0.545. The Balaban J connectivity index is 0.000000333. The van der Waals surface area contributed by atoms with Crippen LogP contribution in [0, 0.1) is 11.2 Å². The summed E-state index contributed by atoms with van der Waals surface area (Å²) in [7, 11) is 1.74. The number of carboxylic acid groups (broad SMARTS) is 2. The van der Waals surface area contributed by atoms with E-state index in [1.54, 1.807) is 19.5 Å². The second-order valence-electron chi connectivity index (χ2n) is 8.78. The molecule has 0 bridgehead atoms. The lowest BCUT2D eigenvalue weighted by atomic mass is 9.76. The maximum atomic E-state index is 13.0. The lowest BCUT2D eigenvalue weighted by Gasteiger charge is -2.39. The molecular formula is C22H25F7N6O5. The topological polar surface area (TPSA) is 142 Å². The van der Waals surface area contributed by atoms with Crippen LogP contribution in [0.15, 0.2) is 30.9 Å². The van der Waals surface area contributed by atoms with Crippen LogP contribution in [0.5, 0.6) is 0 Å². The Hall–Kier alpha value is -3.83. The lowest BCUT2D eigenvalue weighted by molar-refractivity contribution is -0.193. The van der Waals surface area contributed by atoms with Gasteiger partial charge in [0.1, 0.15) is 0 Å². The van der Waals surface area contributed by atoms with Gasteiger partial charge in [-0.3, -0.25) is 0 Å². The van der Waals surface area contributed by atoms with Crippen molar-refractivity contribution < 1.29 is 55.3 Å². The third-order valence-electron chi connectivity index (χ3n) is 5.98. The number of carbonyl (C=O) groups is 2. The predicted octanol–water partition coefficient (Wildman–Crippen LogP) is 3.18. The summed E-state index contributed by atoms with van der Waals surface area (Å²) in [5.74, 6) is -4.54. The van der Waals surface area contributed by atoms with Crippen molar-refractivity contribution in [2.75, 3.05) is 43.2 Å². The number of halogens is 7. The maximum Gasteiger partial charge on any atom is 0.490 e. The summed E-state index contributed by atoms with van der Waals surface area (Å²) in [6.07, 6.45) is -1.00. The van der Waals surface area contributed by atoms with Gasteiger partial charge in [-0.15, -0.1) is 0 Å². The predicted molar refractivity (Wildman–Crippen MR) is 123 cm³/mol. The number of alkyl halides is 6. The normalized spacial score (nSPS) is 18.4. The van der Waals surface area contributed by atoms with E-state index in [4.69, 9.17) is 24.5 Å². The van der Waals surface area contributed by atoms with Gasteiger partial charge >= 0.3 is 24.3 Å². The van der Waals surface area contributed by atoms with Crippen LogP contribution in [-0.4, -0.2) is 93.8 Å². The first-order valence-corrected chi connectivity index (χ1v) is 11.4. The zero-order valence-electron chi connectivity index (χ0n) is 20.9. The number of anilines is 2. The highest BCUT2D eigenvalue weighted by Gasteiger charge is 2.46. The summed E-state index contributed by atoms with van der Waals surface area (Å²) in [5.41, 5.74) is 0.221. The molecular weight excluding hydrogens is 561 g/mol. The van der Waals surface area contributed by atoms with Gasteiger partial charge in [0.15, 0.2) is 5.82 Å². The van der Waals surface area contributed by atoms with Crippen molar-refractivity contribution in [2.24, 2.45) is 5.41 Å². The van der Waals surface area contributed by atoms with Crippen LogP contribution in [0.4, 0.5) is 42.6 Å². The van der Waals surface area contributed by atoms with Gasteiger partial charge in [0, 0.05) is 39.1 Å². The van der Waals surface area contributed by atoms with E-state index >= 15 is 0 Å². The Labute approximate surface area is 222 Å². The van der Waals surface area contributed by atoms with E-state index in [1.807, 2.05) is 6.07 Å². The molecule has 11 nitrogen and oxygen atoms in total. The molecule has 4 heterocycles. The first-order chi connectivity index (χ1) is 18.6. The van der Waals surface area contributed by atoms with Crippen molar-refractivity contribution in [1.82, 2.24) is 19.9 Å². The van der Waals surface area contributed by atoms with Crippen molar-refractivity contribution in [2.45, 2.75) is 37.7 Å². The highest BCUT2D eigenvalue weighted by molar-refractivity contribution is 5.73. The lowest BCUT2D eigenvalue weighted by Crippen LogP contribution is -2.42. The van der Waals surface area contributed by atoms with Crippen molar-refractivity contribution >= 4 is 23.8 Å². The summed E-state index contributed by atoms with van der Waals surface area (Å²) in [4.78, 5) is 39.3. The number of ether oxygens (including phenoxy) is 1. The molecule has 2 aliphatic rings. The van der Waals surface area contributed by atoms with E-state index < -0.39 is 30.1 Å². The first kappa shape index (κ1) is 32.4. The molecule has 2 aliphatic heterocycles. The number of nitrogens with zero attached hydrogens (tertiary/aromatic N) is 6. The molecule has 2 aromatic heterocycles. The van der Waals surface area contributed by atoms with E-state index in [0.29, 0.717) is 12.6 Å². The van der Waals surface area contributed by atoms with Crippen LogP contribution in [-0.2, 0) is 14.3 Å². The minimum absolute atomic E-state index is 0.221. The number of hydrogen-bond donors (Lipinski definition) is 2. The van der Waals surface area contributed by atoms with E-state index in [1.165, 1.54) is 12.4 Å². The third kappa shape index (κ3) is 9.42. The minimum Gasteiger partial charge on any atom is -0.475 e. The number of rotatable bonds is 4. The molecule has 2 N–H and O–H groups in total. The van der Waals surface area contributed by atoms with Gasteiger partial charge in [-0.25, -0.2) is 33.9 Å². The van der Waals surface area contributed by atoms with Crippen LogP contribution in [0.25, 0.3) is 0 Å². The molecule has 0 saturated carbocycles. The molecule has 4 rings (SSSR count). The zero-order chi connectivity index (χ0) is 30.1. The first-order valence-electron chi connectivity index (χ1n) is 11.4. The molecule has 0 radical (unpaired) electrons. The number of hydrogen-bond acceptors (Lipinski definition) is 9.